The molecule has 100 valence electrons. The summed E-state index contributed by atoms with van der Waals surface area (Å²) in [6.45, 7) is 1.56. The quantitative estimate of drug-likeness (QED) is 0.884. The van der Waals surface area contributed by atoms with Gasteiger partial charge in [-0.15, -0.1) is 0 Å². The fourth-order valence-electron chi connectivity index (χ4n) is 2.04. The molecule has 1 atom stereocenters. The summed E-state index contributed by atoms with van der Waals surface area (Å²) in [4.78, 5) is 0. The molecule has 2 aromatic carbocycles. The second-order valence-electron chi connectivity index (χ2n) is 4.66. The Morgan fingerprint density at radius 1 is 1.05 bits per heavy atom. The molecule has 0 radical (unpaired) electrons. The summed E-state index contributed by atoms with van der Waals surface area (Å²) in [5.41, 5.74) is 1.59. The summed E-state index contributed by atoms with van der Waals surface area (Å²) in [5, 5.41) is 10.0. The smallest absolute Gasteiger partial charge is 0.131 e. The maximum atomic E-state index is 13.6. The van der Waals surface area contributed by atoms with Gasteiger partial charge >= 0.3 is 0 Å². The molecule has 0 aliphatic rings. The van der Waals surface area contributed by atoms with Crippen LogP contribution in [0.1, 0.15) is 29.2 Å². The number of hydrogen-bond acceptors (Lipinski definition) is 1. The van der Waals surface area contributed by atoms with E-state index in [1.165, 1.54) is 6.07 Å². The van der Waals surface area contributed by atoms with Crippen molar-refractivity contribution in [2.45, 2.75) is 25.9 Å². The van der Waals surface area contributed by atoms with Crippen molar-refractivity contribution in [3.8, 4) is 0 Å². The molecule has 0 aromatic heterocycles. The van der Waals surface area contributed by atoms with Crippen molar-refractivity contribution in [2.75, 3.05) is 0 Å². The standard InChI is InChI=1S/C16H16F2O/c1-11-9-13(15(18)10-14(11)17)16(19)8-7-12-5-3-2-4-6-12/h2-6,9-10,16,19H,7-8H2,1H3. The highest BCUT2D eigenvalue weighted by atomic mass is 19.1. The summed E-state index contributed by atoms with van der Waals surface area (Å²) in [6.07, 6.45) is 0.142. The highest BCUT2D eigenvalue weighted by molar-refractivity contribution is 5.27. The van der Waals surface area contributed by atoms with Crippen LogP contribution in [-0.2, 0) is 6.42 Å². The van der Waals surface area contributed by atoms with Crippen LogP contribution in [0.2, 0.25) is 0 Å². The van der Waals surface area contributed by atoms with Crippen molar-refractivity contribution in [2.24, 2.45) is 0 Å². The van der Waals surface area contributed by atoms with Gasteiger partial charge in [0.1, 0.15) is 11.6 Å². The lowest BCUT2D eigenvalue weighted by molar-refractivity contribution is 0.163. The molecule has 0 saturated carbocycles. The first kappa shape index (κ1) is 13.7. The van der Waals surface area contributed by atoms with Crippen LogP contribution in [0.15, 0.2) is 42.5 Å². The maximum Gasteiger partial charge on any atom is 0.131 e. The first-order valence-electron chi connectivity index (χ1n) is 6.25. The molecule has 2 rings (SSSR count). The molecule has 1 nitrogen and oxygen atoms in total. The van der Waals surface area contributed by atoms with Gasteiger partial charge in [0.15, 0.2) is 0 Å². The second kappa shape index (κ2) is 5.93. The minimum atomic E-state index is -0.917. The zero-order valence-electron chi connectivity index (χ0n) is 10.7. The molecule has 3 heteroatoms. The van der Waals surface area contributed by atoms with Crippen LogP contribution in [0.5, 0.6) is 0 Å². The van der Waals surface area contributed by atoms with Crippen molar-refractivity contribution in [1.82, 2.24) is 0 Å². The predicted octanol–water partition coefficient (Wildman–Crippen LogP) is 3.94. The summed E-state index contributed by atoms with van der Waals surface area (Å²) in [6, 6.07) is 11.9. The maximum absolute atomic E-state index is 13.6. The minimum Gasteiger partial charge on any atom is -0.388 e. The van der Waals surface area contributed by atoms with E-state index in [9.17, 15) is 13.9 Å². The molecule has 0 amide bonds. The zero-order valence-corrected chi connectivity index (χ0v) is 10.7. The van der Waals surface area contributed by atoms with Crippen LogP contribution in [-0.4, -0.2) is 5.11 Å². The van der Waals surface area contributed by atoms with E-state index in [2.05, 4.69) is 0 Å². The number of benzene rings is 2. The Balaban J connectivity index is 2.08. The van der Waals surface area contributed by atoms with Gasteiger partial charge in [-0.05, 0) is 37.0 Å². The van der Waals surface area contributed by atoms with Gasteiger partial charge in [-0.25, -0.2) is 8.78 Å². The monoisotopic (exact) mass is 262 g/mol. The topological polar surface area (TPSA) is 20.2 Å². The Bertz CT molecular complexity index is 552. The van der Waals surface area contributed by atoms with Crippen LogP contribution in [0.4, 0.5) is 8.78 Å². The number of aliphatic hydroxyl groups is 1. The van der Waals surface area contributed by atoms with Gasteiger partial charge in [0.2, 0.25) is 0 Å². The van der Waals surface area contributed by atoms with Gasteiger partial charge in [0.05, 0.1) is 6.10 Å². The first-order chi connectivity index (χ1) is 9.08. The van der Waals surface area contributed by atoms with Gasteiger partial charge in [0, 0.05) is 11.6 Å². The van der Waals surface area contributed by atoms with Crippen LogP contribution >= 0.6 is 0 Å². The average molecular weight is 262 g/mol. The van der Waals surface area contributed by atoms with E-state index in [1.807, 2.05) is 30.3 Å². The predicted molar refractivity (Wildman–Crippen MR) is 70.8 cm³/mol. The third-order valence-electron chi connectivity index (χ3n) is 3.19. The molecule has 2 aromatic rings. The molecule has 0 aliphatic carbocycles. The lowest BCUT2D eigenvalue weighted by Gasteiger charge is -2.13. The molecule has 0 bridgehead atoms. The molecule has 1 unspecified atom stereocenters. The zero-order chi connectivity index (χ0) is 13.8. The average Bonchev–Trinajstić information content (AvgIpc) is 2.41. The molecule has 0 aliphatic heterocycles. The van der Waals surface area contributed by atoms with Crippen molar-refractivity contribution < 1.29 is 13.9 Å². The molecule has 19 heavy (non-hydrogen) atoms. The number of hydrogen-bond donors (Lipinski definition) is 1. The van der Waals surface area contributed by atoms with Crippen LogP contribution in [0.25, 0.3) is 0 Å². The highest BCUT2D eigenvalue weighted by Gasteiger charge is 2.15. The lowest BCUT2D eigenvalue weighted by atomic mass is 9.99. The van der Waals surface area contributed by atoms with Crippen molar-refractivity contribution >= 4 is 0 Å². The van der Waals surface area contributed by atoms with E-state index in [-0.39, 0.29) is 5.56 Å². The van der Waals surface area contributed by atoms with E-state index < -0.39 is 17.7 Å². The Labute approximate surface area is 111 Å². The van der Waals surface area contributed by atoms with Crippen molar-refractivity contribution in [3.63, 3.8) is 0 Å². The molecular weight excluding hydrogens is 246 g/mol. The summed E-state index contributed by atoms with van der Waals surface area (Å²) < 4.78 is 26.8. The molecule has 0 heterocycles. The number of aliphatic hydroxyl groups excluding tert-OH is 1. The first-order valence-corrected chi connectivity index (χ1v) is 6.25. The van der Waals surface area contributed by atoms with Crippen LogP contribution in [0.3, 0.4) is 0 Å². The summed E-state index contributed by atoms with van der Waals surface area (Å²) in [7, 11) is 0. The minimum absolute atomic E-state index is 0.162. The Kier molecular flexibility index (Phi) is 4.27. The van der Waals surface area contributed by atoms with E-state index in [1.54, 1.807) is 6.92 Å². The number of halogens is 2. The Morgan fingerprint density at radius 3 is 2.42 bits per heavy atom. The van der Waals surface area contributed by atoms with Crippen LogP contribution < -0.4 is 0 Å². The SMILES string of the molecule is Cc1cc(C(O)CCc2ccccc2)c(F)cc1F. The molecular formula is C16H16F2O. The second-order valence-corrected chi connectivity index (χ2v) is 4.66. The van der Waals surface area contributed by atoms with E-state index in [4.69, 9.17) is 0 Å². The highest BCUT2D eigenvalue weighted by Crippen LogP contribution is 2.24. The van der Waals surface area contributed by atoms with Gasteiger partial charge in [-0.2, -0.15) is 0 Å². The van der Waals surface area contributed by atoms with Crippen molar-refractivity contribution in [3.05, 3.63) is 70.8 Å². The van der Waals surface area contributed by atoms with E-state index >= 15 is 0 Å². The van der Waals surface area contributed by atoms with Gasteiger partial charge in [-0.1, -0.05) is 30.3 Å². The van der Waals surface area contributed by atoms with E-state index in [0.717, 1.165) is 11.6 Å². The Hall–Kier alpha value is -1.74. The summed E-state index contributed by atoms with van der Waals surface area (Å²) >= 11 is 0. The van der Waals surface area contributed by atoms with Crippen molar-refractivity contribution in [1.29, 1.82) is 0 Å². The third-order valence-corrected chi connectivity index (χ3v) is 3.19. The van der Waals surface area contributed by atoms with Gasteiger partial charge in [0.25, 0.3) is 0 Å². The van der Waals surface area contributed by atoms with Crippen LogP contribution in [0, 0.1) is 18.6 Å². The van der Waals surface area contributed by atoms with Gasteiger partial charge < -0.3 is 5.11 Å². The summed E-state index contributed by atoms with van der Waals surface area (Å²) in [5.74, 6) is -1.28. The fourth-order valence-corrected chi connectivity index (χ4v) is 2.04. The molecule has 0 fully saturated rings. The van der Waals surface area contributed by atoms with E-state index in [0.29, 0.717) is 18.4 Å². The molecule has 0 spiro atoms. The largest absolute Gasteiger partial charge is 0.388 e. The fraction of sp³-hybridized carbons (Fsp3) is 0.250. The Morgan fingerprint density at radius 2 is 1.74 bits per heavy atom. The third kappa shape index (κ3) is 3.38. The van der Waals surface area contributed by atoms with Gasteiger partial charge in [-0.3, -0.25) is 0 Å². The molecule has 1 N–H and O–H groups in total. The number of aryl methyl sites for hydroxylation is 2. The molecule has 0 saturated heterocycles. The normalized spacial score (nSPS) is 12.4. The lowest BCUT2D eigenvalue weighted by Crippen LogP contribution is -2.04. The number of rotatable bonds is 4.